The Labute approximate surface area is 226 Å². The summed E-state index contributed by atoms with van der Waals surface area (Å²) in [6.07, 6.45) is 0.458. The summed E-state index contributed by atoms with van der Waals surface area (Å²) in [5.74, 6) is 0.993. The van der Waals surface area contributed by atoms with Crippen molar-refractivity contribution in [2.45, 2.75) is 25.4 Å². The van der Waals surface area contributed by atoms with E-state index in [1.165, 1.54) is 19.2 Å². The zero-order valence-electron chi connectivity index (χ0n) is 21.5. The first-order valence-electron chi connectivity index (χ1n) is 12.5. The van der Waals surface area contributed by atoms with Gasteiger partial charge in [0.25, 0.3) is 5.91 Å². The number of carboxylic acid groups (broad SMARTS) is 1. The van der Waals surface area contributed by atoms with Crippen LogP contribution in [0.3, 0.4) is 0 Å². The summed E-state index contributed by atoms with van der Waals surface area (Å²) in [6.45, 7) is 3.76. The lowest BCUT2D eigenvalue weighted by Crippen LogP contribution is -2.63. The number of halogens is 1. The van der Waals surface area contributed by atoms with Crippen LogP contribution < -0.4 is 25.8 Å². The number of likely N-dealkylation sites (tertiary alicyclic amines) is 1. The van der Waals surface area contributed by atoms with Crippen molar-refractivity contribution < 1.29 is 24.2 Å². The number of nitrogens with one attached hydrogen (secondary N) is 2. The summed E-state index contributed by atoms with van der Waals surface area (Å²) >= 11 is 6.10. The zero-order chi connectivity index (χ0) is 27.3. The molecule has 202 valence electrons. The maximum atomic E-state index is 12.8. The Morgan fingerprint density at radius 3 is 2.53 bits per heavy atom. The molecule has 1 saturated heterocycles. The second-order valence-electron chi connectivity index (χ2n) is 9.72. The molecule has 9 nitrogen and oxygen atoms in total. The highest BCUT2D eigenvalue weighted by Gasteiger charge is 2.37. The second-order valence-corrected chi connectivity index (χ2v) is 10.1. The first kappa shape index (κ1) is 27.3. The molecule has 0 radical (unpaired) electrons. The number of rotatable bonds is 9. The predicted octanol–water partition coefficient (Wildman–Crippen LogP) is 4.59. The van der Waals surface area contributed by atoms with Crippen molar-refractivity contribution in [1.29, 1.82) is 0 Å². The van der Waals surface area contributed by atoms with E-state index in [1.54, 1.807) is 0 Å². The van der Waals surface area contributed by atoms with Crippen molar-refractivity contribution in [3.63, 3.8) is 0 Å². The molecule has 10 heteroatoms. The van der Waals surface area contributed by atoms with Gasteiger partial charge in [-0.1, -0.05) is 41.9 Å². The predicted molar refractivity (Wildman–Crippen MR) is 148 cm³/mol. The molecule has 1 aliphatic heterocycles. The van der Waals surface area contributed by atoms with Gasteiger partial charge >= 0.3 is 6.09 Å². The highest BCUT2D eigenvalue weighted by atomic mass is 35.5. The third-order valence-corrected chi connectivity index (χ3v) is 7.37. The van der Waals surface area contributed by atoms with Gasteiger partial charge in [-0.25, -0.2) is 4.79 Å². The number of ether oxygens (including phenoxy) is 2. The molecule has 0 bridgehead atoms. The number of piperidine rings is 1. The molecule has 1 atom stereocenters. The summed E-state index contributed by atoms with van der Waals surface area (Å²) in [6, 6.07) is 16.9. The lowest BCUT2D eigenvalue weighted by molar-refractivity contribution is 0.00451. The van der Waals surface area contributed by atoms with E-state index in [9.17, 15) is 14.7 Å². The van der Waals surface area contributed by atoms with Crippen molar-refractivity contribution in [3.8, 4) is 11.5 Å². The molecule has 1 aliphatic rings. The number of nitrogens with zero attached hydrogens (tertiary/aromatic N) is 1. The van der Waals surface area contributed by atoms with E-state index in [4.69, 9.17) is 26.8 Å². The van der Waals surface area contributed by atoms with Crippen LogP contribution in [0.25, 0.3) is 10.8 Å². The van der Waals surface area contributed by atoms with Gasteiger partial charge in [-0.2, -0.15) is 0 Å². The molecule has 5 N–H and O–H groups in total. The lowest BCUT2D eigenvalue weighted by Gasteiger charge is -2.44. The Bertz CT molecular complexity index is 1310. The van der Waals surface area contributed by atoms with Gasteiger partial charge in [0.15, 0.2) is 0 Å². The fourth-order valence-electron chi connectivity index (χ4n) is 4.80. The van der Waals surface area contributed by atoms with Crippen LogP contribution in [-0.2, 0) is 0 Å². The van der Waals surface area contributed by atoms with Gasteiger partial charge in [0.1, 0.15) is 23.8 Å². The van der Waals surface area contributed by atoms with Crippen molar-refractivity contribution in [1.82, 2.24) is 15.5 Å². The van der Waals surface area contributed by atoms with Crippen molar-refractivity contribution in [3.05, 3.63) is 65.2 Å². The van der Waals surface area contributed by atoms with Crippen LogP contribution in [0.4, 0.5) is 10.5 Å². The molecule has 4 rings (SSSR count). The molecule has 0 aliphatic carbocycles. The van der Waals surface area contributed by atoms with Crippen LogP contribution in [0.15, 0.2) is 54.6 Å². The standard InChI is InChI=1S/C28H33ClN4O5/c1-28(32-27(35)36,17-38-21-8-7-19-5-3-4-6-20(19)13-21)33-11-9-18(10-12-33)16-31-26(34)22-14-23(29)24(30)15-25(22)37-2/h3-8,13-15,18,32H,9-12,16-17,30H2,1-2H3,(H,31,34)(H,35,36). The smallest absolute Gasteiger partial charge is 0.406 e. The summed E-state index contributed by atoms with van der Waals surface area (Å²) in [4.78, 5) is 26.5. The van der Waals surface area contributed by atoms with E-state index in [0.29, 0.717) is 47.4 Å². The van der Waals surface area contributed by atoms with E-state index in [0.717, 1.165) is 23.6 Å². The first-order chi connectivity index (χ1) is 18.2. The fourth-order valence-corrected chi connectivity index (χ4v) is 4.96. The number of hydrogen-bond acceptors (Lipinski definition) is 6. The summed E-state index contributed by atoms with van der Waals surface area (Å²) in [5, 5.41) is 17.6. The number of carbonyl (C=O) groups excluding carboxylic acids is 1. The molecule has 0 saturated carbocycles. The van der Waals surface area contributed by atoms with Gasteiger partial charge < -0.3 is 30.9 Å². The minimum absolute atomic E-state index is 0.150. The Morgan fingerprint density at radius 1 is 1.13 bits per heavy atom. The van der Waals surface area contributed by atoms with Crippen LogP contribution in [-0.4, -0.2) is 61.0 Å². The average Bonchev–Trinajstić information content (AvgIpc) is 2.91. The van der Waals surface area contributed by atoms with Gasteiger partial charge in [-0.05, 0) is 54.7 Å². The van der Waals surface area contributed by atoms with E-state index in [-0.39, 0.29) is 18.4 Å². The van der Waals surface area contributed by atoms with Gasteiger partial charge in [0, 0.05) is 25.7 Å². The summed E-state index contributed by atoms with van der Waals surface area (Å²) in [7, 11) is 1.47. The zero-order valence-corrected chi connectivity index (χ0v) is 22.3. The Kier molecular flexibility index (Phi) is 8.48. The Hall–Kier alpha value is -3.69. The van der Waals surface area contributed by atoms with Crippen LogP contribution in [0, 0.1) is 5.92 Å². The van der Waals surface area contributed by atoms with Gasteiger partial charge in [-0.15, -0.1) is 0 Å². The lowest BCUT2D eigenvalue weighted by atomic mass is 9.94. The number of methoxy groups -OCH3 is 1. The van der Waals surface area contributed by atoms with Crippen molar-refractivity contribution in [2.24, 2.45) is 5.92 Å². The normalized spacial score (nSPS) is 16.0. The summed E-state index contributed by atoms with van der Waals surface area (Å²) in [5.41, 5.74) is 5.56. The first-order valence-corrected chi connectivity index (χ1v) is 12.9. The Morgan fingerprint density at radius 2 is 1.84 bits per heavy atom. The SMILES string of the molecule is COc1cc(N)c(Cl)cc1C(=O)NCC1CCN(C(C)(COc2ccc3ccccc3c2)NC(=O)O)CC1. The number of hydrogen-bond donors (Lipinski definition) is 4. The van der Waals surface area contributed by atoms with Gasteiger partial charge in [0.2, 0.25) is 0 Å². The average molecular weight is 541 g/mol. The minimum Gasteiger partial charge on any atom is -0.496 e. The molecular formula is C28H33ClN4O5. The number of benzene rings is 3. The maximum absolute atomic E-state index is 12.8. The molecule has 1 unspecified atom stereocenters. The number of fused-ring (bicyclic) bond motifs is 1. The third-order valence-electron chi connectivity index (χ3n) is 7.04. The number of carbonyl (C=O) groups is 2. The monoisotopic (exact) mass is 540 g/mol. The van der Waals surface area contributed by atoms with E-state index in [2.05, 4.69) is 15.5 Å². The second kappa shape index (κ2) is 11.8. The summed E-state index contributed by atoms with van der Waals surface area (Å²) < 4.78 is 11.4. The van der Waals surface area contributed by atoms with E-state index in [1.807, 2.05) is 49.4 Å². The number of amides is 2. The molecule has 1 heterocycles. The van der Waals surface area contributed by atoms with Gasteiger partial charge in [-0.3, -0.25) is 9.69 Å². The molecule has 0 spiro atoms. The number of nitrogens with two attached hydrogens (primary N) is 1. The van der Waals surface area contributed by atoms with Crippen LogP contribution in [0.2, 0.25) is 5.02 Å². The topological polar surface area (TPSA) is 126 Å². The van der Waals surface area contributed by atoms with E-state index < -0.39 is 11.8 Å². The molecular weight excluding hydrogens is 508 g/mol. The van der Waals surface area contributed by atoms with Crippen molar-refractivity contribution >= 4 is 40.1 Å². The highest BCUT2D eigenvalue weighted by Crippen LogP contribution is 2.29. The minimum atomic E-state index is -1.11. The van der Waals surface area contributed by atoms with Crippen molar-refractivity contribution in [2.75, 3.05) is 39.1 Å². The van der Waals surface area contributed by atoms with Crippen LogP contribution in [0.5, 0.6) is 11.5 Å². The van der Waals surface area contributed by atoms with Crippen LogP contribution >= 0.6 is 11.6 Å². The Balaban J connectivity index is 1.34. The quantitative estimate of drug-likeness (QED) is 0.292. The van der Waals surface area contributed by atoms with E-state index >= 15 is 0 Å². The molecule has 3 aromatic carbocycles. The molecule has 0 aromatic heterocycles. The molecule has 1 fully saturated rings. The molecule has 3 aromatic rings. The molecule has 2 amide bonds. The number of nitrogen functional groups attached to an aromatic ring is 1. The maximum Gasteiger partial charge on any atom is 0.406 e. The highest BCUT2D eigenvalue weighted by molar-refractivity contribution is 6.33. The molecule has 38 heavy (non-hydrogen) atoms. The fraction of sp³-hybridized carbons (Fsp3) is 0.357. The third kappa shape index (κ3) is 6.41. The number of anilines is 1. The largest absolute Gasteiger partial charge is 0.496 e. The van der Waals surface area contributed by atoms with Crippen LogP contribution in [0.1, 0.15) is 30.1 Å². The van der Waals surface area contributed by atoms with Gasteiger partial charge in [0.05, 0.1) is 23.4 Å².